The molecule has 0 aromatic carbocycles. The molecular formula is C13H18FN3O. The Hall–Kier alpha value is -1.49. The van der Waals surface area contributed by atoms with Crippen LogP contribution in [0.5, 0.6) is 0 Å². The van der Waals surface area contributed by atoms with Crippen molar-refractivity contribution in [2.45, 2.75) is 19.9 Å². The van der Waals surface area contributed by atoms with Gasteiger partial charge in [-0.1, -0.05) is 0 Å². The number of pyridine rings is 1. The largest absolute Gasteiger partial charge is 0.336 e. The summed E-state index contributed by atoms with van der Waals surface area (Å²) in [7, 11) is 0. The maximum atomic E-state index is 13.5. The lowest BCUT2D eigenvalue weighted by Gasteiger charge is -2.36. The fourth-order valence-electron chi connectivity index (χ4n) is 2.16. The number of carbonyl (C=O) groups excluding carboxylic acids is 1. The van der Waals surface area contributed by atoms with E-state index in [1.54, 1.807) is 4.90 Å². The molecule has 0 atom stereocenters. The van der Waals surface area contributed by atoms with Crippen molar-refractivity contribution in [1.82, 2.24) is 14.8 Å². The third kappa shape index (κ3) is 2.67. The molecule has 2 rings (SSSR count). The minimum atomic E-state index is -0.547. The molecular weight excluding hydrogens is 233 g/mol. The van der Waals surface area contributed by atoms with Crippen LogP contribution in [0.3, 0.4) is 0 Å². The van der Waals surface area contributed by atoms with Crippen molar-refractivity contribution in [1.29, 1.82) is 0 Å². The molecule has 0 N–H and O–H groups in total. The maximum absolute atomic E-state index is 13.5. The molecule has 1 aromatic heterocycles. The van der Waals surface area contributed by atoms with E-state index in [1.165, 1.54) is 12.3 Å². The predicted octanol–water partition coefficient (Wildman–Crippen LogP) is 1.39. The van der Waals surface area contributed by atoms with E-state index >= 15 is 0 Å². The molecule has 2 heterocycles. The van der Waals surface area contributed by atoms with Crippen molar-refractivity contribution in [3.05, 3.63) is 29.8 Å². The van der Waals surface area contributed by atoms with Gasteiger partial charge in [0, 0.05) is 38.4 Å². The van der Waals surface area contributed by atoms with Gasteiger partial charge in [0.05, 0.1) is 11.8 Å². The van der Waals surface area contributed by atoms with Crippen molar-refractivity contribution in [2.75, 3.05) is 26.2 Å². The highest BCUT2D eigenvalue weighted by Gasteiger charge is 2.24. The van der Waals surface area contributed by atoms with Gasteiger partial charge in [0.1, 0.15) is 0 Å². The van der Waals surface area contributed by atoms with Gasteiger partial charge in [-0.05, 0) is 19.9 Å². The zero-order valence-corrected chi connectivity index (χ0v) is 10.8. The molecule has 1 fully saturated rings. The molecule has 4 nitrogen and oxygen atoms in total. The first-order chi connectivity index (χ1) is 8.59. The molecule has 1 aromatic rings. The SMILES string of the molecule is CC(C)N1CCN(C(=O)c2ccncc2F)CC1. The van der Waals surface area contributed by atoms with Crippen molar-refractivity contribution >= 4 is 5.91 Å². The molecule has 1 saturated heterocycles. The normalized spacial score (nSPS) is 17.2. The Balaban J connectivity index is 2.02. The average molecular weight is 251 g/mol. The first-order valence-electron chi connectivity index (χ1n) is 6.22. The lowest BCUT2D eigenvalue weighted by atomic mass is 10.2. The van der Waals surface area contributed by atoms with Crippen LogP contribution < -0.4 is 0 Å². The number of halogens is 1. The van der Waals surface area contributed by atoms with Crippen molar-refractivity contribution < 1.29 is 9.18 Å². The first kappa shape index (κ1) is 13.0. The highest BCUT2D eigenvalue weighted by molar-refractivity contribution is 5.94. The number of amides is 1. The zero-order valence-electron chi connectivity index (χ0n) is 10.8. The molecule has 0 radical (unpaired) electrons. The van der Waals surface area contributed by atoms with Gasteiger partial charge in [-0.25, -0.2) is 4.39 Å². The number of rotatable bonds is 2. The lowest BCUT2D eigenvalue weighted by Crippen LogP contribution is -2.50. The molecule has 0 aliphatic carbocycles. The smallest absolute Gasteiger partial charge is 0.257 e. The van der Waals surface area contributed by atoms with Crippen molar-refractivity contribution in [2.24, 2.45) is 0 Å². The van der Waals surface area contributed by atoms with E-state index in [0.717, 1.165) is 19.3 Å². The predicted molar refractivity (Wildman–Crippen MR) is 66.8 cm³/mol. The second-order valence-electron chi connectivity index (χ2n) is 4.78. The molecule has 1 amide bonds. The second kappa shape index (κ2) is 5.44. The van der Waals surface area contributed by atoms with E-state index in [2.05, 4.69) is 23.7 Å². The highest BCUT2D eigenvalue weighted by atomic mass is 19.1. The fraction of sp³-hybridized carbons (Fsp3) is 0.538. The molecule has 1 aliphatic heterocycles. The summed E-state index contributed by atoms with van der Waals surface area (Å²) in [5.74, 6) is -0.785. The zero-order chi connectivity index (χ0) is 13.1. The number of aromatic nitrogens is 1. The quantitative estimate of drug-likeness (QED) is 0.797. The molecule has 0 unspecified atom stereocenters. The van der Waals surface area contributed by atoms with Crippen LogP contribution in [0.15, 0.2) is 18.5 Å². The standard InChI is InChI=1S/C13H18FN3O/c1-10(2)16-5-7-17(8-6-16)13(18)11-3-4-15-9-12(11)14/h3-4,9-10H,5-8H2,1-2H3. The van der Waals surface area contributed by atoms with Gasteiger partial charge in [-0.2, -0.15) is 0 Å². The Labute approximate surface area is 106 Å². The molecule has 0 spiro atoms. The molecule has 0 saturated carbocycles. The summed E-state index contributed by atoms with van der Waals surface area (Å²) in [6.07, 6.45) is 2.53. The summed E-state index contributed by atoms with van der Waals surface area (Å²) < 4.78 is 13.5. The van der Waals surface area contributed by atoms with Crippen LogP contribution in [0.1, 0.15) is 24.2 Å². The summed E-state index contributed by atoms with van der Waals surface area (Å²) in [4.78, 5) is 19.8. The molecule has 98 valence electrons. The summed E-state index contributed by atoms with van der Waals surface area (Å²) in [6.45, 7) is 7.27. The summed E-state index contributed by atoms with van der Waals surface area (Å²) in [5.41, 5.74) is 0.114. The van der Waals surface area contributed by atoms with E-state index in [-0.39, 0.29) is 11.5 Å². The van der Waals surface area contributed by atoms with Gasteiger partial charge >= 0.3 is 0 Å². The lowest BCUT2D eigenvalue weighted by molar-refractivity contribution is 0.0591. The molecule has 1 aliphatic rings. The average Bonchev–Trinajstić information content (AvgIpc) is 2.38. The van der Waals surface area contributed by atoms with Crippen LogP contribution in [-0.2, 0) is 0 Å². The highest BCUT2D eigenvalue weighted by Crippen LogP contribution is 2.12. The number of piperazine rings is 1. The monoisotopic (exact) mass is 251 g/mol. The number of hydrogen-bond acceptors (Lipinski definition) is 3. The van der Waals surface area contributed by atoms with E-state index in [1.807, 2.05) is 0 Å². The Morgan fingerprint density at radius 1 is 1.33 bits per heavy atom. The van der Waals surface area contributed by atoms with E-state index in [9.17, 15) is 9.18 Å². The number of hydrogen-bond donors (Lipinski definition) is 0. The van der Waals surface area contributed by atoms with Crippen LogP contribution in [0.4, 0.5) is 4.39 Å². The van der Waals surface area contributed by atoms with Gasteiger partial charge < -0.3 is 4.90 Å². The third-order valence-electron chi connectivity index (χ3n) is 3.33. The molecule has 0 bridgehead atoms. The van der Waals surface area contributed by atoms with Crippen molar-refractivity contribution in [3.8, 4) is 0 Å². The van der Waals surface area contributed by atoms with Crippen LogP contribution in [0, 0.1) is 5.82 Å². The van der Waals surface area contributed by atoms with Crippen LogP contribution >= 0.6 is 0 Å². The Kier molecular flexibility index (Phi) is 3.91. The Morgan fingerprint density at radius 3 is 2.56 bits per heavy atom. The molecule has 18 heavy (non-hydrogen) atoms. The van der Waals surface area contributed by atoms with E-state index < -0.39 is 5.82 Å². The van der Waals surface area contributed by atoms with Crippen molar-refractivity contribution in [3.63, 3.8) is 0 Å². The topological polar surface area (TPSA) is 36.4 Å². The summed E-state index contributed by atoms with van der Waals surface area (Å²) in [5, 5.41) is 0. The second-order valence-corrected chi connectivity index (χ2v) is 4.78. The minimum Gasteiger partial charge on any atom is -0.336 e. The van der Waals surface area contributed by atoms with Gasteiger partial charge in [-0.15, -0.1) is 0 Å². The van der Waals surface area contributed by atoms with Crippen LogP contribution in [0.25, 0.3) is 0 Å². The Bertz CT molecular complexity index is 428. The minimum absolute atomic E-state index is 0.114. The van der Waals surface area contributed by atoms with Gasteiger partial charge in [0.25, 0.3) is 5.91 Å². The Morgan fingerprint density at radius 2 is 2.00 bits per heavy atom. The van der Waals surface area contributed by atoms with Gasteiger partial charge in [0.15, 0.2) is 5.82 Å². The maximum Gasteiger partial charge on any atom is 0.257 e. The first-order valence-corrected chi connectivity index (χ1v) is 6.22. The van der Waals surface area contributed by atoms with Crippen LogP contribution in [0.2, 0.25) is 0 Å². The van der Waals surface area contributed by atoms with E-state index in [4.69, 9.17) is 0 Å². The van der Waals surface area contributed by atoms with Gasteiger partial charge in [0.2, 0.25) is 0 Å². The summed E-state index contributed by atoms with van der Waals surface area (Å²) in [6, 6.07) is 1.92. The summed E-state index contributed by atoms with van der Waals surface area (Å²) >= 11 is 0. The number of nitrogens with zero attached hydrogens (tertiary/aromatic N) is 3. The van der Waals surface area contributed by atoms with Gasteiger partial charge in [-0.3, -0.25) is 14.7 Å². The number of carbonyl (C=O) groups is 1. The third-order valence-corrected chi connectivity index (χ3v) is 3.33. The molecule has 5 heteroatoms. The fourth-order valence-corrected chi connectivity index (χ4v) is 2.16. The van der Waals surface area contributed by atoms with Crippen LogP contribution in [-0.4, -0.2) is 52.9 Å². The van der Waals surface area contributed by atoms with E-state index in [0.29, 0.717) is 19.1 Å².